The summed E-state index contributed by atoms with van der Waals surface area (Å²) in [5.74, 6) is 1.59. The van der Waals surface area contributed by atoms with Crippen LogP contribution in [0.15, 0.2) is 48.8 Å². The number of nitrogens with zero attached hydrogens (tertiary/aromatic N) is 3. The third kappa shape index (κ3) is 5.18. The molecule has 0 spiro atoms. The molecule has 0 unspecified atom stereocenters. The number of benzene rings is 2. The topological polar surface area (TPSA) is 128 Å². The molecule has 0 saturated carbocycles. The number of imidazole rings is 2. The van der Waals surface area contributed by atoms with Crippen LogP contribution in [0.2, 0.25) is 0 Å². The molecule has 10 heteroatoms. The van der Waals surface area contributed by atoms with Crippen LogP contribution in [0.1, 0.15) is 88.2 Å². The summed E-state index contributed by atoms with van der Waals surface area (Å²) in [7, 11) is 1.31. The average Bonchev–Trinajstić information content (AvgIpc) is 3.89. The average molecular weight is 622 g/mol. The molecule has 0 radical (unpaired) electrons. The minimum Gasteiger partial charge on any atom is -0.453 e. The highest BCUT2D eigenvalue weighted by Gasteiger charge is 2.38. The number of aromatic nitrogens is 4. The van der Waals surface area contributed by atoms with E-state index in [0.717, 1.165) is 60.0 Å². The lowest BCUT2D eigenvalue weighted by molar-refractivity contribution is -0.135. The number of hydrogen-bond donors (Lipinski definition) is 4. The molecule has 4 aromatic rings. The highest BCUT2D eigenvalue weighted by atomic mass is 16.5. The van der Waals surface area contributed by atoms with Gasteiger partial charge in [0.15, 0.2) is 0 Å². The number of carbonyl (C=O) groups is 2. The number of H-pyrrole nitrogens is 2. The molecule has 1 aliphatic carbocycles. The summed E-state index contributed by atoms with van der Waals surface area (Å²) < 4.78 is 4.77. The van der Waals surface area contributed by atoms with Crippen LogP contribution in [0.3, 0.4) is 0 Å². The number of aromatic amines is 2. The van der Waals surface area contributed by atoms with Gasteiger partial charge in [0.1, 0.15) is 17.7 Å². The van der Waals surface area contributed by atoms with Gasteiger partial charge in [0.25, 0.3) is 0 Å². The third-order valence-electron chi connectivity index (χ3n) is 10.1. The van der Waals surface area contributed by atoms with Crippen molar-refractivity contribution in [2.24, 2.45) is 5.92 Å². The van der Waals surface area contributed by atoms with Crippen molar-refractivity contribution in [3.8, 4) is 33.6 Å². The van der Waals surface area contributed by atoms with E-state index in [0.29, 0.717) is 12.6 Å². The third-order valence-corrected chi connectivity index (χ3v) is 10.1. The Morgan fingerprint density at radius 1 is 0.935 bits per heavy atom. The van der Waals surface area contributed by atoms with E-state index in [1.165, 1.54) is 35.8 Å². The quantitative estimate of drug-likeness (QED) is 0.193. The summed E-state index contributed by atoms with van der Waals surface area (Å²) in [6.45, 7) is 10.1. The molecule has 4 heterocycles. The number of amides is 2. The fourth-order valence-corrected chi connectivity index (χ4v) is 7.50. The zero-order chi connectivity index (χ0) is 32.2. The van der Waals surface area contributed by atoms with Crippen LogP contribution in [0.5, 0.6) is 0 Å². The van der Waals surface area contributed by atoms with Crippen molar-refractivity contribution in [1.82, 2.24) is 35.5 Å². The first-order valence-electron chi connectivity index (χ1n) is 16.4. The number of ether oxygens (including phenoxy) is 1. The van der Waals surface area contributed by atoms with Gasteiger partial charge in [-0.25, -0.2) is 14.8 Å². The normalized spacial score (nSPS) is 20.5. The van der Waals surface area contributed by atoms with Gasteiger partial charge in [-0.1, -0.05) is 52.0 Å². The fourth-order valence-electron chi connectivity index (χ4n) is 7.50. The molecule has 2 aromatic carbocycles. The number of fused-ring (bicyclic) bond motifs is 3. The highest BCUT2D eigenvalue weighted by molar-refractivity contribution is 5.87. The molecule has 46 heavy (non-hydrogen) atoms. The molecule has 7 rings (SSSR count). The lowest BCUT2D eigenvalue weighted by Crippen LogP contribution is -2.51. The number of alkyl carbamates (subject to hydrolysis) is 1. The highest BCUT2D eigenvalue weighted by Crippen LogP contribution is 2.50. The van der Waals surface area contributed by atoms with E-state index < -0.39 is 12.1 Å². The number of nitrogens with one attached hydrogen (secondary N) is 4. The summed E-state index contributed by atoms with van der Waals surface area (Å²) in [4.78, 5) is 43.9. The second-order valence-corrected chi connectivity index (χ2v) is 13.7. The molecule has 10 nitrogen and oxygen atoms in total. The van der Waals surface area contributed by atoms with Gasteiger partial charge < -0.3 is 30.2 Å². The summed E-state index contributed by atoms with van der Waals surface area (Å²) in [5, 5.41) is 6.25. The number of rotatable bonds is 7. The van der Waals surface area contributed by atoms with E-state index in [9.17, 15) is 9.59 Å². The molecule has 2 saturated heterocycles. The predicted molar refractivity (Wildman–Crippen MR) is 177 cm³/mol. The van der Waals surface area contributed by atoms with Gasteiger partial charge in [0.2, 0.25) is 5.91 Å². The molecular formula is C36H43N7O3. The van der Waals surface area contributed by atoms with E-state index in [2.05, 4.69) is 70.8 Å². The monoisotopic (exact) mass is 621 g/mol. The van der Waals surface area contributed by atoms with E-state index in [-0.39, 0.29) is 23.3 Å². The summed E-state index contributed by atoms with van der Waals surface area (Å²) in [5.41, 5.74) is 9.07. The minimum atomic E-state index is -0.664. The molecule has 2 aliphatic heterocycles. The fraction of sp³-hybridized carbons (Fsp3) is 0.444. The maximum absolute atomic E-state index is 13.6. The van der Waals surface area contributed by atoms with Crippen LogP contribution in [-0.2, 0) is 14.9 Å². The first-order valence-corrected chi connectivity index (χ1v) is 16.4. The second kappa shape index (κ2) is 11.7. The van der Waals surface area contributed by atoms with Gasteiger partial charge in [-0.2, -0.15) is 0 Å². The zero-order valence-corrected chi connectivity index (χ0v) is 27.2. The second-order valence-electron chi connectivity index (χ2n) is 13.7. The van der Waals surface area contributed by atoms with Crippen LogP contribution in [0, 0.1) is 5.92 Å². The Balaban J connectivity index is 1.13. The maximum Gasteiger partial charge on any atom is 0.407 e. The van der Waals surface area contributed by atoms with Crippen LogP contribution in [0.4, 0.5) is 4.79 Å². The Hall–Kier alpha value is -4.44. The number of carbonyl (C=O) groups excluding carboxylic acids is 2. The van der Waals surface area contributed by atoms with Gasteiger partial charge in [-0.3, -0.25) is 4.79 Å². The van der Waals surface area contributed by atoms with Crippen LogP contribution < -0.4 is 10.6 Å². The van der Waals surface area contributed by atoms with Crippen LogP contribution in [0.25, 0.3) is 33.6 Å². The standard InChI is InChI=1S/C36H43N7O3/c1-20(2)31(42-35(45)46-5)34(44)43-15-7-9-30(43)33-39-19-29(41-33)22-11-13-24-23-12-10-21(16-25(23)36(3,4)26(24)17-22)28-18-38-32(40-28)27-8-6-14-37-27/h10-13,16-20,27,30-31,37H,6-9,14-15H2,1-5H3,(H,38,40)(H,39,41)(H,42,45)/t27-,30-,31-/m0/s1. The summed E-state index contributed by atoms with van der Waals surface area (Å²) in [6, 6.07) is 12.9. The first kappa shape index (κ1) is 30.2. The van der Waals surface area contributed by atoms with Gasteiger partial charge >= 0.3 is 6.09 Å². The molecule has 2 amide bonds. The van der Waals surface area contributed by atoms with E-state index >= 15 is 0 Å². The zero-order valence-electron chi connectivity index (χ0n) is 27.2. The Labute approximate surface area is 269 Å². The summed E-state index contributed by atoms with van der Waals surface area (Å²) >= 11 is 0. The molecule has 3 atom stereocenters. The Bertz CT molecular complexity index is 1780. The van der Waals surface area contributed by atoms with Gasteiger partial charge in [-0.15, -0.1) is 0 Å². The number of hydrogen-bond acceptors (Lipinski definition) is 6. The molecule has 0 bridgehead atoms. The molecular weight excluding hydrogens is 578 g/mol. The lowest BCUT2D eigenvalue weighted by Gasteiger charge is -2.30. The number of methoxy groups -OCH3 is 1. The van der Waals surface area contributed by atoms with Gasteiger partial charge in [0, 0.05) is 12.0 Å². The molecule has 4 N–H and O–H groups in total. The Morgan fingerprint density at radius 2 is 1.57 bits per heavy atom. The van der Waals surface area contributed by atoms with E-state index in [1.807, 2.05) is 31.1 Å². The van der Waals surface area contributed by atoms with Gasteiger partial charge in [-0.05, 0) is 83.7 Å². The minimum absolute atomic E-state index is 0.0823. The molecule has 2 aromatic heterocycles. The SMILES string of the molecule is COC(=O)N[C@H](C(=O)N1CCC[C@H]1c1ncc(-c2ccc3c(c2)C(C)(C)c2cc(-c4cnc([C@@H]5CCCN5)[nH]4)ccc2-3)[nH]1)C(C)C. The van der Waals surface area contributed by atoms with Gasteiger partial charge in [0.05, 0.1) is 43.0 Å². The lowest BCUT2D eigenvalue weighted by atomic mass is 9.81. The Kier molecular flexibility index (Phi) is 7.71. The van der Waals surface area contributed by atoms with Crippen molar-refractivity contribution in [3.63, 3.8) is 0 Å². The van der Waals surface area contributed by atoms with Crippen LogP contribution in [-0.4, -0.2) is 63.1 Å². The van der Waals surface area contributed by atoms with Crippen LogP contribution >= 0.6 is 0 Å². The van der Waals surface area contributed by atoms with E-state index in [4.69, 9.17) is 14.7 Å². The largest absolute Gasteiger partial charge is 0.453 e. The van der Waals surface area contributed by atoms with Crippen molar-refractivity contribution >= 4 is 12.0 Å². The van der Waals surface area contributed by atoms with Crippen molar-refractivity contribution in [2.45, 2.75) is 76.9 Å². The first-order chi connectivity index (χ1) is 22.2. The number of likely N-dealkylation sites (tertiary alicyclic amines) is 1. The molecule has 2 fully saturated rings. The van der Waals surface area contributed by atoms with Crippen molar-refractivity contribution < 1.29 is 14.3 Å². The predicted octanol–water partition coefficient (Wildman–Crippen LogP) is 6.24. The van der Waals surface area contributed by atoms with E-state index in [1.54, 1.807) is 0 Å². The van der Waals surface area contributed by atoms with Crippen molar-refractivity contribution in [2.75, 3.05) is 20.2 Å². The van der Waals surface area contributed by atoms with Crippen molar-refractivity contribution in [1.29, 1.82) is 0 Å². The summed E-state index contributed by atoms with van der Waals surface area (Å²) in [6.07, 6.45) is 7.20. The Morgan fingerprint density at radius 3 is 2.15 bits per heavy atom. The molecule has 3 aliphatic rings. The van der Waals surface area contributed by atoms with Crippen molar-refractivity contribution in [3.05, 3.63) is 71.6 Å². The maximum atomic E-state index is 13.6. The smallest absolute Gasteiger partial charge is 0.407 e. The molecule has 240 valence electrons.